The van der Waals surface area contributed by atoms with Gasteiger partial charge in [-0.1, -0.05) is 0 Å². The highest BCUT2D eigenvalue weighted by Crippen LogP contribution is 2.28. The predicted octanol–water partition coefficient (Wildman–Crippen LogP) is 0.942. The molecule has 4 heteroatoms. The van der Waals surface area contributed by atoms with Crippen LogP contribution >= 0.6 is 0 Å². The van der Waals surface area contributed by atoms with Gasteiger partial charge in [-0.2, -0.15) is 0 Å². The van der Waals surface area contributed by atoms with Gasteiger partial charge in [0.2, 0.25) is 0 Å². The maximum atomic E-state index is 11.4. The van der Waals surface area contributed by atoms with Gasteiger partial charge in [0.05, 0.1) is 13.0 Å². The van der Waals surface area contributed by atoms with E-state index in [2.05, 4.69) is 4.98 Å². The fourth-order valence-corrected chi connectivity index (χ4v) is 2.08. The van der Waals surface area contributed by atoms with Crippen LogP contribution in [0.15, 0.2) is 12.3 Å². The zero-order valence-electron chi connectivity index (χ0n) is 8.69. The molecule has 0 radical (unpaired) electrons. The molecule has 1 aromatic rings. The molecule has 0 bridgehead atoms. The van der Waals surface area contributed by atoms with Crippen molar-refractivity contribution < 1.29 is 9.53 Å². The Balaban J connectivity index is 2.24. The van der Waals surface area contributed by atoms with Gasteiger partial charge in [0, 0.05) is 6.20 Å². The Morgan fingerprint density at radius 1 is 1.67 bits per heavy atom. The number of fused-ring (bicyclic) bond motifs is 1. The second kappa shape index (κ2) is 3.88. The van der Waals surface area contributed by atoms with Crippen molar-refractivity contribution in [1.82, 2.24) is 4.98 Å². The van der Waals surface area contributed by atoms with Gasteiger partial charge in [-0.15, -0.1) is 0 Å². The minimum atomic E-state index is -0.129. The number of nitrogens with two attached hydrogens (primary N) is 1. The van der Waals surface area contributed by atoms with Gasteiger partial charge in [0.1, 0.15) is 5.82 Å². The molecule has 0 spiro atoms. The number of aromatic nitrogens is 1. The molecule has 0 saturated carbocycles. The largest absolute Gasteiger partial charge is 0.469 e. The lowest BCUT2D eigenvalue weighted by atomic mass is 9.84. The van der Waals surface area contributed by atoms with Crippen LogP contribution in [0.25, 0.3) is 0 Å². The van der Waals surface area contributed by atoms with Crippen LogP contribution in [0, 0.1) is 5.92 Å². The summed E-state index contributed by atoms with van der Waals surface area (Å²) >= 11 is 0. The summed E-state index contributed by atoms with van der Waals surface area (Å²) in [5.41, 5.74) is 7.99. The van der Waals surface area contributed by atoms with Gasteiger partial charge in [-0.05, 0) is 36.5 Å². The van der Waals surface area contributed by atoms with E-state index in [4.69, 9.17) is 10.5 Å². The first-order valence-electron chi connectivity index (χ1n) is 5.02. The number of nitrogen functional groups attached to an aromatic ring is 1. The van der Waals surface area contributed by atoms with E-state index in [0.717, 1.165) is 24.0 Å². The molecule has 0 aromatic carbocycles. The minimum Gasteiger partial charge on any atom is -0.469 e. The monoisotopic (exact) mass is 206 g/mol. The van der Waals surface area contributed by atoms with Crippen molar-refractivity contribution in [2.24, 2.45) is 5.92 Å². The van der Waals surface area contributed by atoms with Crippen LogP contribution < -0.4 is 5.73 Å². The van der Waals surface area contributed by atoms with Crippen molar-refractivity contribution in [1.29, 1.82) is 0 Å². The molecule has 4 nitrogen and oxygen atoms in total. The Hall–Kier alpha value is -1.58. The number of methoxy groups -OCH3 is 1. The summed E-state index contributed by atoms with van der Waals surface area (Å²) in [6, 6.07) is 1.93. The number of hydrogen-bond donors (Lipinski definition) is 1. The molecule has 1 heterocycles. The average Bonchev–Trinajstić information content (AvgIpc) is 2.28. The van der Waals surface area contributed by atoms with Crippen LogP contribution in [0.1, 0.15) is 17.5 Å². The van der Waals surface area contributed by atoms with Crippen molar-refractivity contribution in [3.05, 3.63) is 23.4 Å². The summed E-state index contributed by atoms with van der Waals surface area (Å²) < 4.78 is 4.75. The van der Waals surface area contributed by atoms with Crippen molar-refractivity contribution in [3.8, 4) is 0 Å². The minimum absolute atomic E-state index is 0.0238. The Kier molecular flexibility index (Phi) is 2.58. The van der Waals surface area contributed by atoms with Crippen molar-refractivity contribution in [2.75, 3.05) is 12.8 Å². The molecular weight excluding hydrogens is 192 g/mol. The lowest BCUT2D eigenvalue weighted by molar-refractivity contribution is -0.145. The van der Waals surface area contributed by atoms with E-state index >= 15 is 0 Å². The normalized spacial score (nSPS) is 19.4. The number of pyridine rings is 1. The first-order chi connectivity index (χ1) is 7.22. The summed E-state index contributed by atoms with van der Waals surface area (Å²) in [5.74, 6) is 0.441. The first-order valence-corrected chi connectivity index (χ1v) is 5.02. The first kappa shape index (κ1) is 9.96. The van der Waals surface area contributed by atoms with E-state index in [1.54, 1.807) is 6.20 Å². The van der Waals surface area contributed by atoms with E-state index in [9.17, 15) is 4.79 Å². The van der Waals surface area contributed by atoms with Gasteiger partial charge in [-0.3, -0.25) is 4.79 Å². The summed E-state index contributed by atoms with van der Waals surface area (Å²) in [6.07, 6.45) is 4.02. The molecule has 0 aliphatic heterocycles. The van der Waals surface area contributed by atoms with Crippen LogP contribution in [-0.4, -0.2) is 18.1 Å². The highest BCUT2D eigenvalue weighted by Gasteiger charge is 2.26. The van der Waals surface area contributed by atoms with Crippen LogP contribution in [-0.2, 0) is 22.4 Å². The summed E-state index contributed by atoms with van der Waals surface area (Å²) in [6.45, 7) is 0. The number of anilines is 1. The zero-order chi connectivity index (χ0) is 10.8. The number of esters is 1. The number of rotatable bonds is 1. The molecule has 0 saturated heterocycles. The molecule has 0 amide bonds. The number of carbonyl (C=O) groups excluding carboxylic acids is 1. The van der Waals surface area contributed by atoms with Crippen LogP contribution in [0.4, 0.5) is 5.82 Å². The molecule has 15 heavy (non-hydrogen) atoms. The summed E-state index contributed by atoms with van der Waals surface area (Å²) in [7, 11) is 1.43. The molecule has 1 aromatic heterocycles. The standard InChI is InChI=1S/C11H14N2O2/c1-15-11(14)8-2-3-9-7(6-8)4-5-13-10(9)12/h4-5,8H,2-3,6H2,1H3,(H2,12,13). The number of hydrogen-bond acceptors (Lipinski definition) is 4. The molecule has 80 valence electrons. The lowest BCUT2D eigenvalue weighted by Gasteiger charge is -2.23. The van der Waals surface area contributed by atoms with Crippen molar-refractivity contribution in [2.45, 2.75) is 19.3 Å². The maximum Gasteiger partial charge on any atom is 0.309 e. The molecule has 0 fully saturated rings. The van der Waals surface area contributed by atoms with E-state index < -0.39 is 0 Å². The Labute approximate surface area is 88.4 Å². The number of carbonyl (C=O) groups is 1. The molecule has 2 rings (SSSR count). The fraction of sp³-hybridized carbons (Fsp3) is 0.455. The Morgan fingerprint density at radius 3 is 3.20 bits per heavy atom. The molecule has 1 aliphatic carbocycles. The Bertz CT molecular complexity index is 390. The van der Waals surface area contributed by atoms with Gasteiger partial charge >= 0.3 is 5.97 Å². The average molecular weight is 206 g/mol. The SMILES string of the molecule is COC(=O)C1CCc2c(ccnc2N)C1. The second-order valence-corrected chi connectivity index (χ2v) is 3.80. The van der Waals surface area contributed by atoms with Gasteiger partial charge in [0.15, 0.2) is 0 Å². The summed E-state index contributed by atoms with van der Waals surface area (Å²) in [5, 5.41) is 0. The second-order valence-electron chi connectivity index (χ2n) is 3.80. The highest BCUT2D eigenvalue weighted by molar-refractivity contribution is 5.73. The third kappa shape index (κ3) is 1.79. The maximum absolute atomic E-state index is 11.4. The molecule has 1 atom stereocenters. The molecule has 2 N–H and O–H groups in total. The smallest absolute Gasteiger partial charge is 0.309 e. The van der Waals surface area contributed by atoms with Gasteiger partial charge < -0.3 is 10.5 Å². The van der Waals surface area contributed by atoms with E-state index in [1.807, 2.05) is 6.07 Å². The van der Waals surface area contributed by atoms with E-state index in [-0.39, 0.29) is 11.9 Å². The predicted molar refractivity (Wildman–Crippen MR) is 56.2 cm³/mol. The fourth-order valence-electron chi connectivity index (χ4n) is 2.08. The number of ether oxygens (including phenoxy) is 1. The van der Waals surface area contributed by atoms with Gasteiger partial charge in [0.25, 0.3) is 0 Å². The highest BCUT2D eigenvalue weighted by atomic mass is 16.5. The van der Waals surface area contributed by atoms with Crippen molar-refractivity contribution >= 4 is 11.8 Å². The van der Waals surface area contributed by atoms with E-state index in [0.29, 0.717) is 12.2 Å². The van der Waals surface area contributed by atoms with E-state index in [1.165, 1.54) is 7.11 Å². The molecule has 1 unspecified atom stereocenters. The Morgan fingerprint density at radius 2 is 2.47 bits per heavy atom. The van der Waals surface area contributed by atoms with Crippen LogP contribution in [0.3, 0.4) is 0 Å². The van der Waals surface area contributed by atoms with Crippen molar-refractivity contribution in [3.63, 3.8) is 0 Å². The van der Waals surface area contributed by atoms with Crippen LogP contribution in [0.5, 0.6) is 0 Å². The van der Waals surface area contributed by atoms with Gasteiger partial charge in [-0.25, -0.2) is 4.98 Å². The number of nitrogens with zero attached hydrogens (tertiary/aromatic N) is 1. The third-order valence-electron chi connectivity index (χ3n) is 2.93. The topological polar surface area (TPSA) is 65.2 Å². The molecular formula is C11H14N2O2. The zero-order valence-corrected chi connectivity index (χ0v) is 8.69. The quantitative estimate of drug-likeness (QED) is 0.694. The lowest BCUT2D eigenvalue weighted by Crippen LogP contribution is -2.24. The molecule has 1 aliphatic rings. The third-order valence-corrected chi connectivity index (χ3v) is 2.93. The summed E-state index contributed by atoms with van der Waals surface area (Å²) in [4.78, 5) is 15.4. The van der Waals surface area contributed by atoms with Crippen LogP contribution in [0.2, 0.25) is 0 Å².